The molecule has 1 aromatic rings. The van der Waals surface area contributed by atoms with E-state index in [1.165, 1.54) is 16.2 Å². The quantitative estimate of drug-likeness (QED) is 0.808. The van der Waals surface area contributed by atoms with Gasteiger partial charge in [0, 0.05) is 6.54 Å². The van der Waals surface area contributed by atoms with Crippen LogP contribution in [0.3, 0.4) is 0 Å². The lowest BCUT2D eigenvalue weighted by atomic mass is 10.0. The maximum atomic E-state index is 12.2. The number of rotatable bonds is 3. The van der Waals surface area contributed by atoms with Crippen molar-refractivity contribution >= 4 is 27.8 Å². The second kappa shape index (κ2) is 4.62. The van der Waals surface area contributed by atoms with Gasteiger partial charge in [-0.3, -0.25) is 4.55 Å². The maximum Gasteiger partial charge on any atom is 0.418 e. The molecule has 2 aliphatic heterocycles. The molecule has 0 aliphatic carbocycles. The van der Waals surface area contributed by atoms with Gasteiger partial charge >= 0.3 is 16.4 Å². The van der Waals surface area contributed by atoms with E-state index in [-0.39, 0.29) is 12.1 Å². The van der Waals surface area contributed by atoms with Crippen LogP contribution in [0.4, 0.5) is 4.79 Å². The maximum absolute atomic E-state index is 12.2. The molecule has 20 heavy (non-hydrogen) atoms. The minimum atomic E-state index is -4.70. The first-order valence-corrected chi connectivity index (χ1v) is 8.10. The number of amides is 2. The molecule has 3 rings (SSSR count). The van der Waals surface area contributed by atoms with Crippen LogP contribution < -0.4 is 0 Å². The van der Waals surface area contributed by atoms with Crippen molar-refractivity contribution in [2.75, 3.05) is 6.54 Å². The number of aryl methyl sites for hydroxylation is 1. The summed E-state index contributed by atoms with van der Waals surface area (Å²) in [5.74, 6) is 0. The van der Waals surface area contributed by atoms with Gasteiger partial charge in [0.2, 0.25) is 0 Å². The van der Waals surface area contributed by atoms with Gasteiger partial charge < -0.3 is 4.90 Å². The van der Waals surface area contributed by atoms with Crippen molar-refractivity contribution in [2.24, 2.45) is 0 Å². The first kappa shape index (κ1) is 13.7. The monoisotopic (exact) mass is 320 g/mol. The van der Waals surface area contributed by atoms with E-state index < -0.39 is 16.4 Å². The normalized spacial score (nSPS) is 26.4. The first-order valence-electron chi connectivity index (χ1n) is 5.92. The molecule has 2 bridgehead atoms. The summed E-state index contributed by atoms with van der Waals surface area (Å²) in [5, 5.41) is 10.2. The third-order valence-corrected chi connectivity index (χ3v) is 4.61. The molecule has 11 heteroatoms. The lowest BCUT2D eigenvalue weighted by Gasteiger charge is -2.28. The van der Waals surface area contributed by atoms with Crippen molar-refractivity contribution in [1.82, 2.24) is 20.2 Å². The van der Waals surface area contributed by atoms with E-state index in [9.17, 15) is 13.2 Å². The van der Waals surface area contributed by atoms with E-state index in [0.29, 0.717) is 19.4 Å². The number of nitrogens with zero attached hydrogens (tertiary/aromatic N) is 4. The number of hydrogen-bond acceptors (Lipinski definition) is 7. The molecule has 0 radical (unpaired) electrons. The number of hydrogen-bond donors (Lipinski definition) is 1. The van der Waals surface area contributed by atoms with Crippen molar-refractivity contribution < 1.29 is 22.0 Å². The number of carbonyl (C=O) groups excluding carboxylic acids is 1. The highest BCUT2D eigenvalue weighted by Crippen LogP contribution is 2.39. The zero-order chi connectivity index (χ0) is 14.5. The Bertz CT molecular complexity index is 645. The number of hydroxylamine groups is 2. The molecule has 0 aromatic carbocycles. The standard InChI is InChI=1S/C9H12N4O5S2/c1-5-10-11-8(19-5)7-3-2-6-4-12(7)9(14)13(6)18-20(15,16)17/h6-7H,2-4H2,1H3,(H,15,16,17)/t6?,7-/m0/s1. The minimum Gasteiger partial charge on any atom is -0.311 e. The van der Waals surface area contributed by atoms with Gasteiger partial charge in [-0.15, -0.1) is 14.5 Å². The van der Waals surface area contributed by atoms with Gasteiger partial charge in [0.25, 0.3) is 0 Å². The predicted molar refractivity (Wildman–Crippen MR) is 67.0 cm³/mol. The zero-order valence-corrected chi connectivity index (χ0v) is 12.1. The summed E-state index contributed by atoms with van der Waals surface area (Å²) >= 11 is 1.41. The highest BCUT2D eigenvalue weighted by Gasteiger charge is 2.48. The fraction of sp³-hybridized carbons (Fsp3) is 0.667. The predicted octanol–water partition coefficient (Wildman–Crippen LogP) is 0.522. The molecule has 0 spiro atoms. The topological polar surface area (TPSA) is 113 Å². The molecule has 2 atom stereocenters. The largest absolute Gasteiger partial charge is 0.418 e. The van der Waals surface area contributed by atoms with Crippen molar-refractivity contribution in [1.29, 1.82) is 0 Å². The van der Waals surface area contributed by atoms with Crippen molar-refractivity contribution in [2.45, 2.75) is 31.8 Å². The second-order valence-electron chi connectivity index (χ2n) is 4.67. The second-order valence-corrected chi connectivity index (χ2v) is 6.89. The van der Waals surface area contributed by atoms with Crippen LogP contribution in [-0.2, 0) is 14.7 Å². The van der Waals surface area contributed by atoms with Gasteiger partial charge in [-0.2, -0.15) is 13.5 Å². The molecular weight excluding hydrogens is 308 g/mol. The van der Waals surface area contributed by atoms with Gasteiger partial charge in [-0.25, -0.2) is 4.79 Å². The van der Waals surface area contributed by atoms with E-state index in [2.05, 4.69) is 14.5 Å². The van der Waals surface area contributed by atoms with Crippen LogP contribution in [-0.4, -0.2) is 51.7 Å². The Labute approximate surface area is 119 Å². The number of carbonyl (C=O) groups is 1. The number of fused-ring (bicyclic) bond motifs is 2. The van der Waals surface area contributed by atoms with Crippen LogP contribution in [0.2, 0.25) is 0 Å². The Morgan fingerprint density at radius 2 is 2.15 bits per heavy atom. The Kier molecular flexibility index (Phi) is 3.16. The SMILES string of the molecule is Cc1nnc([C@@H]2CCC3CN2C(=O)N3OS(=O)(=O)O)s1. The molecular formula is C9H12N4O5S2. The Morgan fingerprint density at radius 1 is 1.40 bits per heavy atom. The van der Waals surface area contributed by atoms with E-state index in [1.807, 2.05) is 6.92 Å². The number of piperidine rings is 1. The lowest BCUT2D eigenvalue weighted by molar-refractivity contribution is -0.0317. The fourth-order valence-electron chi connectivity index (χ4n) is 2.53. The summed E-state index contributed by atoms with van der Waals surface area (Å²) in [4.78, 5) is 13.7. The van der Waals surface area contributed by atoms with Crippen molar-refractivity contribution in [3.63, 3.8) is 0 Å². The summed E-state index contributed by atoms with van der Waals surface area (Å²) in [6.45, 7) is 2.17. The Hall–Kier alpha value is -1.30. The third kappa shape index (κ3) is 2.37. The summed E-state index contributed by atoms with van der Waals surface area (Å²) in [7, 11) is -4.70. The van der Waals surface area contributed by atoms with Crippen molar-refractivity contribution in [3.05, 3.63) is 10.0 Å². The molecule has 1 unspecified atom stereocenters. The van der Waals surface area contributed by atoms with Gasteiger partial charge in [0.15, 0.2) is 0 Å². The molecule has 2 fully saturated rings. The molecule has 2 amide bonds. The van der Waals surface area contributed by atoms with Crippen LogP contribution in [0.5, 0.6) is 0 Å². The highest BCUT2D eigenvalue weighted by molar-refractivity contribution is 7.80. The van der Waals surface area contributed by atoms with Crippen LogP contribution in [0, 0.1) is 6.92 Å². The first-order chi connectivity index (χ1) is 9.35. The zero-order valence-electron chi connectivity index (χ0n) is 10.5. The molecule has 2 aliphatic rings. The van der Waals surface area contributed by atoms with E-state index in [1.54, 1.807) is 0 Å². The average molecular weight is 320 g/mol. The molecule has 3 heterocycles. The molecule has 9 nitrogen and oxygen atoms in total. The van der Waals surface area contributed by atoms with Gasteiger partial charge in [-0.1, -0.05) is 11.3 Å². The van der Waals surface area contributed by atoms with Gasteiger partial charge in [0.05, 0.1) is 12.1 Å². The Balaban J connectivity index is 1.84. The smallest absolute Gasteiger partial charge is 0.311 e. The molecule has 1 aromatic heterocycles. The lowest BCUT2D eigenvalue weighted by Crippen LogP contribution is -2.35. The van der Waals surface area contributed by atoms with Gasteiger partial charge in [-0.05, 0) is 19.8 Å². The summed E-state index contributed by atoms with van der Waals surface area (Å²) < 4.78 is 34.6. The molecule has 2 saturated heterocycles. The summed E-state index contributed by atoms with van der Waals surface area (Å²) in [6.07, 6.45) is 1.22. The summed E-state index contributed by atoms with van der Waals surface area (Å²) in [6, 6.07) is -1.18. The van der Waals surface area contributed by atoms with Gasteiger partial charge in [0.1, 0.15) is 10.0 Å². The van der Waals surface area contributed by atoms with E-state index >= 15 is 0 Å². The summed E-state index contributed by atoms with van der Waals surface area (Å²) in [5.41, 5.74) is 0. The Morgan fingerprint density at radius 3 is 2.75 bits per heavy atom. The minimum absolute atomic E-state index is 0.222. The van der Waals surface area contributed by atoms with Crippen LogP contribution >= 0.6 is 11.3 Å². The highest BCUT2D eigenvalue weighted by atomic mass is 32.3. The number of urea groups is 1. The van der Waals surface area contributed by atoms with Crippen LogP contribution in [0.1, 0.15) is 28.9 Å². The average Bonchev–Trinajstić information content (AvgIpc) is 2.88. The van der Waals surface area contributed by atoms with Crippen LogP contribution in [0.15, 0.2) is 0 Å². The number of aromatic nitrogens is 2. The van der Waals surface area contributed by atoms with Crippen molar-refractivity contribution in [3.8, 4) is 0 Å². The molecule has 0 saturated carbocycles. The molecule has 110 valence electrons. The molecule has 1 N–H and O–H groups in total. The van der Waals surface area contributed by atoms with Crippen LogP contribution in [0.25, 0.3) is 0 Å². The fourth-order valence-corrected chi connectivity index (χ4v) is 3.77. The van der Waals surface area contributed by atoms with E-state index in [0.717, 1.165) is 15.1 Å². The third-order valence-electron chi connectivity index (χ3n) is 3.32. The van der Waals surface area contributed by atoms with E-state index in [4.69, 9.17) is 4.55 Å².